The van der Waals surface area contributed by atoms with E-state index in [1.807, 2.05) is 48.5 Å². The van der Waals surface area contributed by atoms with E-state index in [2.05, 4.69) is 5.10 Å². The van der Waals surface area contributed by atoms with Crippen molar-refractivity contribution in [3.63, 3.8) is 0 Å². The molecule has 3 aromatic carbocycles. The van der Waals surface area contributed by atoms with Gasteiger partial charge in [-0.3, -0.25) is 19.7 Å². The molecule has 0 spiro atoms. The normalized spacial score (nSPS) is 24.7. The smallest absolute Gasteiger partial charge is 0.270 e. The first-order valence-electron chi connectivity index (χ1n) is 10.5. The lowest BCUT2D eigenvalue weighted by atomic mass is 9.55. The van der Waals surface area contributed by atoms with E-state index >= 15 is 0 Å². The number of rotatable bonds is 3. The van der Waals surface area contributed by atoms with Crippen LogP contribution >= 0.6 is 11.6 Å². The second kappa shape index (κ2) is 7.08. The van der Waals surface area contributed by atoms with Gasteiger partial charge in [-0.2, -0.15) is 10.1 Å². The van der Waals surface area contributed by atoms with Gasteiger partial charge in [0.05, 0.1) is 23.0 Å². The third kappa shape index (κ3) is 2.72. The van der Waals surface area contributed by atoms with Crippen molar-refractivity contribution in [1.82, 2.24) is 5.01 Å². The summed E-state index contributed by atoms with van der Waals surface area (Å²) < 4.78 is 0. The highest BCUT2D eigenvalue weighted by molar-refractivity contribution is 6.33. The first-order valence-corrected chi connectivity index (χ1v) is 10.9. The van der Waals surface area contributed by atoms with Gasteiger partial charge in [0, 0.05) is 34.6 Å². The molecule has 0 aromatic heterocycles. The van der Waals surface area contributed by atoms with Crippen LogP contribution in [0.15, 0.2) is 71.8 Å². The molecule has 33 heavy (non-hydrogen) atoms. The van der Waals surface area contributed by atoms with Gasteiger partial charge < -0.3 is 0 Å². The number of hydrogen-bond acceptors (Lipinski definition) is 5. The van der Waals surface area contributed by atoms with Crippen LogP contribution in [0.3, 0.4) is 0 Å². The molecule has 1 saturated heterocycles. The molecule has 0 saturated carbocycles. The molecule has 4 aliphatic rings. The summed E-state index contributed by atoms with van der Waals surface area (Å²) in [7, 11) is 0. The largest absolute Gasteiger partial charge is 0.272 e. The molecular formula is C25H16ClN3O4. The van der Waals surface area contributed by atoms with Crippen molar-refractivity contribution >= 4 is 35.3 Å². The summed E-state index contributed by atoms with van der Waals surface area (Å²) in [6, 6.07) is 19.9. The molecule has 162 valence electrons. The topological polar surface area (TPSA) is 92.9 Å². The second-order valence-corrected chi connectivity index (χ2v) is 8.87. The van der Waals surface area contributed by atoms with Gasteiger partial charge in [-0.1, -0.05) is 60.1 Å². The highest BCUT2D eigenvalue weighted by atomic mass is 35.5. The second-order valence-electron chi connectivity index (χ2n) is 8.46. The van der Waals surface area contributed by atoms with Crippen molar-refractivity contribution < 1.29 is 14.5 Å². The number of halogens is 1. The predicted octanol–water partition coefficient (Wildman–Crippen LogP) is 4.47. The highest BCUT2D eigenvalue weighted by Crippen LogP contribution is 2.60. The Bertz CT molecular complexity index is 1290. The molecule has 2 atom stereocenters. The number of nitro benzene ring substituents is 1. The molecule has 7 rings (SSSR count). The van der Waals surface area contributed by atoms with E-state index in [4.69, 9.17) is 11.6 Å². The molecule has 2 amide bonds. The molecule has 0 N–H and O–H groups in total. The Hall–Kier alpha value is -3.84. The van der Waals surface area contributed by atoms with Gasteiger partial charge in [0.25, 0.3) is 17.5 Å². The summed E-state index contributed by atoms with van der Waals surface area (Å²) in [5.74, 6) is -2.23. The Labute approximate surface area is 193 Å². The zero-order valence-electron chi connectivity index (χ0n) is 17.1. The van der Waals surface area contributed by atoms with Crippen molar-refractivity contribution in [2.45, 2.75) is 11.8 Å². The van der Waals surface area contributed by atoms with Crippen LogP contribution in [0.25, 0.3) is 0 Å². The lowest BCUT2D eigenvalue weighted by molar-refractivity contribution is -0.384. The van der Waals surface area contributed by atoms with Crippen molar-refractivity contribution in [2.24, 2.45) is 16.9 Å². The zero-order chi connectivity index (χ0) is 22.9. The number of benzene rings is 3. The average molecular weight is 458 g/mol. The maximum atomic E-state index is 13.5. The maximum Gasteiger partial charge on any atom is 0.270 e. The number of hydrazone groups is 1. The molecule has 0 unspecified atom stereocenters. The molecule has 3 aliphatic carbocycles. The van der Waals surface area contributed by atoms with Crippen molar-refractivity contribution in [2.75, 3.05) is 0 Å². The van der Waals surface area contributed by atoms with Crippen LogP contribution in [0.2, 0.25) is 5.02 Å². The summed E-state index contributed by atoms with van der Waals surface area (Å²) in [5.41, 5.74) is 4.42. The molecule has 1 heterocycles. The molecule has 8 heteroatoms. The minimum absolute atomic E-state index is 0.155. The van der Waals surface area contributed by atoms with E-state index in [0.717, 1.165) is 27.3 Å². The van der Waals surface area contributed by atoms with Gasteiger partial charge in [-0.15, -0.1) is 0 Å². The Morgan fingerprint density at radius 3 is 1.79 bits per heavy atom. The number of carbonyl (C=O) groups is 2. The van der Waals surface area contributed by atoms with Crippen molar-refractivity contribution in [1.29, 1.82) is 0 Å². The number of non-ortho nitro benzene ring substituents is 1. The summed E-state index contributed by atoms with van der Waals surface area (Å²) in [5, 5.41) is 16.4. The summed E-state index contributed by atoms with van der Waals surface area (Å²) in [4.78, 5) is 37.5. The number of imide groups is 1. The minimum atomic E-state index is -0.541. The van der Waals surface area contributed by atoms with E-state index in [-0.39, 0.29) is 39.9 Å². The van der Waals surface area contributed by atoms with Crippen molar-refractivity contribution in [3.05, 3.63) is 110 Å². The fraction of sp³-hybridized carbons (Fsp3) is 0.160. The molecule has 1 fully saturated rings. The molecular weight excluding hydrogens is 442 g/mol. The number of carbonyl (C=O) groups excluding carboxylic acids is 2. The standard InChI is InChI=1S/C25H16ClN3O4/c26-19-10-9-14(29(32)33)11-13(19)12-27-28-24(30)22-20-15-5-1-2-6-16(15)21(23(22)25(28)31)18-8-4-3-7-17(18)20/h1-12,20-23H/b27-12-/t20?,21?,22-,23+. The molecule has 7 nitrogen and oxygen atoms in total. The fourth-order valence-electron chi connectivity index (χ4n) is 5.64. The number of nitrogens with zero attached hydrogens (tertiary/aromatic N) is 3. The first kappa shape index (κ1) is 19.8. The number of hydrogen-bond donors (Lipinski definition) is 0. The maximum absolute atomic E-state index is 13.5. The monoisotopic (exact) mass is 457 g/mol. The lowest BCUT2D eigenvalue weighted by Crippen LogP contribution is -2.41. The van der Waals surface area contributed by atoms with Crippen LogP contribution < -0.4 is 0 Å². The number of nitro groups is 1. The van der Waals surface area contributed by atoms with E-state index in [9.17, 15) is 19.7 Å². The van der Waals surface area contributed by atoms with Crippen LogP contribution in [0.4, 0.5) is 5.69 Å². The molecule has 1 aliphatic heterocycles. The van der Waals surface area contributed by atoms with Crippen LogP contribution in [0.1, 0.15) is 39.7 Å². The van der Waals surface area contributed by atoms with Gasteiger partial charge in [-0.25, -0.2) is 0 Å². The SMILES string of the molecule is O=C1[C@@H]2C3c4ccccc4C(c4ccccc43)[C@@H]2C(=O)N1/N=C\c1cc([N+](=O)[O-])ccc1Cl. The zero-order valence-corrected chi connectivity index (χ0v) is 17.8. The van der Waals surface area contributed by atoms with Gasteiger partial charge in [0.2, 0.25) is 0 Å². The van der Waals surface area contributed by atoms with Gasteiger partial charge in [0.15, 0.2) is 0 Å². The van der Waals surface area contributed by atoms with Gasteiger partial charge in [-0.05, 0) is 28.3 Å². The quantitative estimate of drug-likeness (QED) is 0.251. The first-order chi connectivity index (χ1) is 16.0. The van der Waals surface area contributed by atoms with Crippen LogP contribution in [0, 0.1) is 22.0 Å². The summed E-state index contributed by atoms with van der Waals surface area (Å²) >= 11 is 6.16. The third-order valence-corrected chi connectivity index (χ3v) is 7.27. The van der Waals surface area contributed by atoms with Crippen LogP contribution in [-0.2, 0) is 9.59 Å². The van der Waals surface area contributed by atoms with Crippen LogP contribution in [0.5, 0.6) is 0 Å². The molecule has 2 bridgehead atoms. The van der Waals surface area contributed by atoms with Gasteiger partial charge in [0.1, 0.15) is 0 Å². The van der Waals surface area contributed by atoms with Crippen LogP contribution in [-0.4, -0.2) is 28.0 Å². The average Bonchev–Trinajstić information content (AvgIpc) is 3.08. The summed E-state index contributed by atoms with van der Waals surface area (Å²) in [6.07, 6.45) is 1.24. The van der Waals surface area contributed by atoms with E-state index < -0.39 is 16.8 Å². The fourth-order valence-corrected chi connectivity index (χ4v) is 5.81. The van der Waals surface area contributed by atoms with E-state index in [1.54, 1.807) is 0 Å². The summed E-state index contributed by atoms with van der Waals surface area (Å²) in [6.45, 7) is 0. The number of amides is 2. The third-order valence-electron chi connectivity index (χ3n) is 6.93. The Morgan fingerprint density at radius 1 is 0.848 bits per heavy atom. The Morgan fingerprint density at radius 2 is 1.33 bits per heavy atom. The minimum Gasteiger partial charge on any atom is -0.272 e. The van der Waals surface area contributed by atoms with E-state index in [0.29, 0.717) is 0 Å². The predicted molar refractivity (Wildman–Crippen MR) is 121 cm³/mol. The highest BCUT2D eigenvalue weighted by Gasteiger charge is 2.61. The van der Waals surface area contributed by atoms with Crippen molar-refractivity contribution in [3.8, 4) is 0 Å². The Kier molecular flexibility index (Phi) is 4.25. The Balaban J connectivity index is 1.43. The van der Waals surface area contributed by atoms with Gasteiger partial charge >= 0.3 is 0 Å². The molecule has 3 aromatic rings. The van der Waals surface area contributed by atoms with E-state index in [1.165, 1.54) is 24.4 Å². The lowest BCUT2D eigenvalue weighted by Gasteiger charge is -2.45. The molecule has 0 radical (unpaired) electrons.